The number of phenols is 1. The Kier molecular flexibility index (Phi) is 5.59. The van der Waals surface area contributed by atoms with Gasteiger partial charge in [-0.3, -0.25) is 0 Å². The van der Waals surface area contributed by atoms with Crippen molar-refractivity contribution in [2.45, 2.75) is 64.4 Å². The molecule has 0 aromatic heterocycles. The van der Waals surface area contributed by atoms with E-state index in [1.165, 1.54) is 11.8 Å². The number of rotatable bonds is 6. The molecule has 0 amide bonds. The smallest absolute Gasteiger partial charge is 0.208 e. The summed E-state index contributed by atoms with van der Waals surface area (Å²) in [6, 6.07) is 3.92. The highest BCUT2D eigenvalue weighted by Crippen LogP contribution is 2.54. The molecule has 5 nitrogen and oxygen atoms in total. The quantitative estimate of drug-likeness (QED) is 0.568. The van der Waals surface area contributed by atoms with Crippen molar-refractivity contribution in [3.8, 4) is 11.5 Å². The van der Waals surface area contributed by atoms with E-state index < -0.39 is 10.0 Å². The predicted molar refractivity (Wildman–Crippen MR) is 108 cm³/mol. The standard InChI is InChI=1S/C21H31NO4S/c1-14-8-9-17-16(11-14)20-18(23)12-15(13-19(20)26-21(17,2)3)7-5-6-10-22-27(4,24)25/h8,12-13,16-17,22-23H,5-7,9-11H2,1-4H3/t16-,17-/m1/s1. The third-order valence-corrected chi connectivity index (χ3v) is 6.55. The maximum Gasteiger partial charge on any atom is 0.208 e. The summed E-state index contributed by atoms with van der Waals surface area (Å²) in [6.45, 7) is 6.88. The molecule has 1 heterocycles. The average molecular weight is 394 g/mol. The van der Waals surface area contributed by atoms with E-state index in [0.717, 1.165) is 49.0 Å². The van der Waals surface area contributed by atoms with Crippen LogP contribution in [-0.2, 0) is 16.4 Å². The van der Waals surface area contributed by atoms with Gasteiger partial charge in [0, 0.05) is 23.9 Å². The topological polar surface area (TPSA) is 75.6 Å². The minimum Gasteiger partial charge on any atom is -0.508 e. The summed E-state index contributed by atoms with van der Waals surface area (Å²) >= 11 is 0. The maximum absolute atomic E-state index is 11.1. The molecular formula is C21H31NO4S. The predicted octanol–water partition coefficient (Wildman–Crippen LogP) is 3.88. The van der Waals surface area contributed by atoms with Gasteiger partial charge in [-0.05, 0) is 70.6 Å². The third-order valence-electron chi connectivity index (χ3n) is 5.82. The van der Waals surface area contributed by atoms with Crippen LogP contribution in [-0.4, -0.2) is 31.9 Å². The average Bonchev–Trinajstić information content (AvgIpc) is 2.52. The summed E-state index contributed by atoms with van der Waals surface area (Å²) < 4.78 is 31.1. The van der Waals surface area contributed by atoms with Crippen LogP contribution >= 0.6 is 0 Å². The van der Waals surface area contributed by atoms with Gasteiger partial charge in [0.2, 0.25) is 10.0 Å². The molecule has 0 unspecified atom stereocenters. The lowest BCUT2D eigenvalue weighted by molar-refractivity contribution is 0.00753. The Morgan fingerprint density at radius 3 is 2.74 bits per heavy atom. The molecule has 1 aromatic carbocycles. The van der Waals surface area contributed by atoms with E-state index >= 15 is 0 Å². The van der Waals surface area contributed by atoms with Gasteiger partial charge in [0.1, 0.15) is 17.1 Å². The molecule has 0 saturated carbocycles. The van der Waals surface area contributed by atoms with Crippen LogP contribution in [0.2, 0.25) is 0 Å². The van der Waals surface area contributed by atoms with Crippen molar-refractivity contribution in [2.75, 3.05) is 12.8 Å². The number of hydrogen-bond donors (Lipinski definition) is 2. The summed E-state index contributed by atoms with van der Waals surface area (Å²) in [4.78, 5) is 0. The monoisotopic (exact) mass is 393 g/mol. The van der Waals surface area contributed by atoms with Crippen LogP contribution in [0, 0.1) is 5.92 Å². The number of phenolic OH excluding ortho intramolecular Hbond substituents is 1. The molecule has 150 valence electrons. The van der Waals surface area contributed by atoms with E-state index in [9.17, 15) is 13.5 Å². The number of benzene rings is 1. The molecule has 3 rings (SSSR count). The minimum atomic E-state index is -3.13. The van der Waals surface area contributed by atoms with Crippen LogP contribution in [0.5, 0.6) is 11.5 Å². The fourth-order valence-electron chi connectivity index (χ4n) is 4.48. The van der Waals surface area contributed by atoms with Crippen molar-refractivity contribution >= 4 is 10.0 Å². The first-order valence-electron chi connectivity index (χ1n) is 9.72. The Labute approximate surface area is 162 Å². The molecular weight excluding hydrogens is 362 g/mol. The lowest BCUT2D eigenvalue weighted by Crippen LogP contribution is -2.45. The number of allylic oxidation sites excluding steroid dienone is 2. The Morgan fingerprint density at radius 2 is 2.04 bits per heavy atom. The normalized spacial score (nSPS) is 23.8. The molecule has 1 aliphatic heterocycles. The molecule has 2 N–H and O–H groups in total. The second-order valence-electron chi connectivity index (χ2n) is 8.56. The number of aromatic hydroxyl groups is 1. The number of ether oxygens (including phenoxy) is 1. The molecule has 0 spiro atoms. The summed E-state index contributed by atoms with van der Waals surface area (Å²) in [5.74, 6) is 1.80. The summed E-state index contributed by atoms with van der Waals surface area (Å²) in [5.41, 5.74) is 3.10. The number of unbranched alkanes of at least 4 members (excludes halogenated alkanes) is 1. The van der Waals surface area contributed by atoms with Crippen LogP contribution < -0.4 is 9.46 Å². The Bertz CT molecular complexity index is 842. The minimum absolute atomic E-state index is 0.265. The number of sulfonamides is 1. The molecule has 1 aliphatic carbocycles. The van der Waals surface area contributed by atoms with E-state index in [-0.39, 0.29) is 5.60 Å². The zero-order chi connectivity index (χ0) is 19.8. The summed E-state index contributed by atoms with van der Waals surface area (Å²) in [6.07, 6.45) is 7.80. The van der Waals surface area contributed by atoms with Crippen molar-refractivity contribution in [2.24, 2.45) is 5.92 Å². The Balaban J connectivity index is 1.75. The molecule has 6 heteroatoms. The van der Waals surface area contributed by atoms with Crippen LogP contribution in [0.25, 0.3) is 0 Å². The molecule has 2 aliphatic rings. The molecule has 0 radical (unpaired) electrons. The second kappa shape index (κ2) is 7.47. The highest BCUT2D eigenvalue weighted by molar-refractivity contribution is 7.88. The van der Waals surface area contributed by atoms with Crippen molar-refractivity contribution in [1.82, 2.24) is 4.72 Å². The van der Waals surface area contributed by atoms with Gasteiger partial charge in [0.05, 0.1) is 6.26 Å². The molecule has 2 atom stereocenters. The van der Waals surface area contributed by atoms with E-state index in [0.29, 0.717) is 24.1 Å². The highest BCUT2D eigenvalue weighted by atomic mass is 32.2. The van der Waals surface area contributed by atoms with Gasteiger partial charge in [0.15, 0.2) is 0 Å². The van der Waals surface area contributed by atoms with Crippen molar-refractivity contribution in [3.05, 3.63) is 34.9 Å². The lowest BCUT2D eigenvalue weighted by atomic mass is 9.67. The van der Waals surface area contributed by atoms with Crippen LogP contribution in [0.3, 0.4) is 0 Å². The SMILES string of the molecule is CC1=CC[C@@H]2[C@@H](C1)c1c(O)cc(CCCCNS(C)(=O)=O)cc1OC2(C)C. The lowest BCUT2D eigenvalue weighted by Gasteiger charge is -2.47. The number of hydrogen-bond acceptors (Lipinski definition) is 4. The van der Waals surface area contributed by atoms with E-state index in [1.807, 2.05) is 6.07 Å². The first kappa shape index (κ1) is 20.2. The highest BCUT2D eigenvalue weighted by Gasteiger charge is 2.45. The van der Waals surface area contributed by atoms with E-state index in [1.54, 1.807) is 0 Å². The van der Waals surface area contributed by atoms with Gasteiger partial charge < -0.3 is 9.84 Å². The van der Waals surface area contributed by atoms with Crippen LogP contribution in [0.4, 0.5) is 0 Å². The second-order valence-corrected chi connectivity index (χ2v) is 10.4. The first-order chi connectivity index (χ1) is 12.6. The van der Waals surface area contributed by atoms with E-state index in [4.69, 9.17) is 4.74 Å². The molecule has 27 heavy (non-hydrogen) atoms. The Morgan fingerprint density at radius 1 is 1.30 bits per heavy atom. The van der Waals surface area contributed by atoms with Gasteiger partial charge in [-0.2, -0.15) is 0 Å². The van der Waals surface area contributed by atoms with Gasteiger partial charge in [0.25, 0.3) is 0 Å². The fourth-order valence-corrected chi connectivity index (χ4v) is 4.99. The molecule has 0 bridgehead atoms. The van der Waals surface area contributed by atoms with E-state index in [2.05, 4.69) is 37.6 Å². The number of nitrogens with one attached hydrogen (secondary N) is 1. The molecule has 1 aromatic rings. The van der Waals surface area contributed by atoms with Crippen molar-refractivity contribution in [1.29, 1.82) is 0 Å². The first-order valence-corrected chi connectivity index (χ1v) is 11.6. The summed E-state index contributed by atoms with van der Waals surface area (Å²) in [5, 5.41) is 10.8. The van der Waals surface area contributed by atoms with Gasteiger partial charge >= 0.3 is 0 Å². The molecule has 0 saturated heterocycles. The van der Waals surface area contributed by atoms with Crippen molar-refractivity contribution < 1.29 is 18.3 Å². The van der Waals surface area contributed by atoms with Gasteiger partial charge in [-0.15, -0.1) is 0 Å². The fraction of sp³-hybridized carbons (Fsp3) is 0.619. The third kappa shape index (κ3) is 4.66. The van der Waals surface area contributed by atoms with Crippen LogP contribution in [0.15, 0.2) is 23.8 Å². The summed E-state index contributed by atoms with van der Waals surface area (Å²) in [7, 11) is -3.13. The van der Waals surface area contributed by atoms with Crippen molar-refractivity contribution in [3.63, 3.8) is 0 Å². The molecule has 0 fully saturated rings. The zero-order valence-electron chi connectivity index (χ0n) is 16.7. The Hall–Kier alpha value is -1.53. The maximum atomic E-state index is 11.1. The van der Waals surface area contributed by atoms with Gasteiger partial charge in [-0.25, -0.2) is 13.1 Å². The largest absolute Gasteiger partial charge is 0.508 e. The van der Waals surface area contributed by atoms with Crippen LogP contribution in [0.1, 0.15) is 63.5 Å². The zero-order valence-corrected chi connectivity index (χ0v) is 17.5. The number of fused-ring (bicyclic) bond motifs is 3. The number of aryl methyl sites for hydroxylation is 1. The van der Waals surface area contributed by atoms with Gasteiger partial charge in [-0.1, -0.05) is 11.6 Å².